The molecule has 0 aromatic carbocycles. The zero-order valence-corrected chi connectivity index (χ0v) is 14.1. The monoisotopic (exact) mass is 331 g/mol. The van der Waals surface area contributed by atoms with Crippen LogP contribution in [0.2, 0.25) is 5.02 Å². The molecule has 1 saturated heterocycles. The van der Waals surface area contributed by atoms with Gasteiger partial charge in [-0.05, 0) is 13.3 Å². The quantitative estimate of drug-likeness (QED) is 0.868. The third-order valence-corrected chi connectivity index (χ3v) is 5.33. The van der Waals surface area contributed by atoms with Crippen molar-refractivity contribution in [3.63, 3.8) is 0 Å². The van der Waals surface area contributed by atoms with Crippen molar-refractivity contribution in [1.29, 1.82) is 0 Å². The van der Waals surface area contributed by atoms with Gasteiger partial charge < -0.3 is 5.11 Å². The number of thioether (sulfide) groups is 1. The fourth-order valence-corrected chi connectivity index (χ4v) is 4.11. The number of halogens is 1. The van der Waals surface area contributed by atoms with Crippen LogP contribution in [-0.4, -0.2) is 49.8 Å². The standard InChI is InChI=1S/C14H22ClN3O2S/c1-3-11-14(15)12(18(4-2)16-11)8-17-5-6-21-9-10(17)7-13(19)20/h10H,3-9H2,1-2H3,(H,19,20). The summed E-state index contributed by atoms with van der Waals surface area (Å²) < 4.78 is 1.95. The first kappa shape index (κ1) is 16.6. The molecule has 1 aliphatic rings. The number of rotatable bonds is 6. The van der Waals surface area contributed by atoms with Crippen molar-refractivity contribution in [2.75, 3.05) is 18.1 Å². The molecule has 21 heavy (non-hydrogen) atoms. The van der Waals surface area contributed by atoms with E-state index < -0.39 is 5.97 Å². The van der Waals surface area contributed by atoms with Crippen molar-refractivity contribution in [3.8, 4) is 0 Å². The fraction of sp³-hybridized carbons (Fsp3) is 0.714. The van der Waals surface area contributed by atoms with Crippen LogP contribution < -0.4 is 0 Å². The van der Waals surface area contributed by atoms with Crippen molar-refractivity contribution in [2.45, 2.75) is 45.8 Å². The normalized spacial score (nSPS) is 19.9. The number of carboxylic acid groups (broad SMARTS) is 1. The lowest BCUT2D eigenvalue weighted by Crippen LogP contribution is -2.43. The third kappa shape index (κ3) is 3.93. The average Bonchev–Trinajstić information content (AvgIpc) is 2.77. The molecule has 0 saturated carbocycles. The second kappa shape index (κ2) is 7.51. The summed E-state index contributed by atoms with van der Waals surface area (Å²) in [5.74, 6) is 1.16. The Morgan fingerprint density at radius 1 is 1.52 bits per heavy atom. The van der Waals surface area contributed by atoms with Crippen LogP contribution >= 0.6 is 23.4 Å². The molecule has 1 unspecified atom stereocenters. The number of hydrogen-bond acceptors (Lipinski definition) is 4. The van der Waals surface area contributed by atoms with Crippen molar-refractivity contribution >= 4 is 29.3 Å². The number of aryl methyl sites for hydroxylation is 2. The van der Waals surface area contributed by atoms with E-state index in [1.165, 1.54) is 0 Å². The Balaban J connectivity index is 2.18. The van der Waals surface area contributed by atoms with Gasteiger partial charge in [-0.1, -0.05) is 18.5 Å². The van der Waals surface area contributed by atoms with Crippen LogP contribution in [0, 0.1) is 0 Å². The van der Waals surface area contributed by atoms with E-state index in [4.69, 9.17) is 16.7 Å². The molecule has 2 heterocycles. The Morgan fingerprint density at radius 3 is 2.90 bits per heavy atom. The highest BCUT2D eigenvalue weighted by Gasteiger charge is 2.27. The van der Waals surface area contributed by atoms with Crippen LogP contribution in [-0.2, 0) is 24.3 Å². The largest absolute Gasteiger partial charge is 0.481 e. The minimum Gasteiger partial charge on any atom is -0.481 e. The molecular formula is C14H22ClN3O2S. The zero-order chi connectivity index (χ0) is 15.4. The van der Waals surface area contributed by atoms with Gasteiger partial charge in [-0.15, -0.1) is 0 Å². The summed E-state index contributed by atoms with van der Waals surface area (Å²) in [7, 11) is 0. The van der Waals surface area contributed by atoms with Crippen LogP contribution in [0.3, 0.4) is 0 Å². The number of aliphatic carboxylic acids is 1. The highest BCUT2D eigenvalue weighted by Crippen LogP contribution is 2.26. The van der Waals surface area contributed by atoms with E-state index in [0.717, 1.165) is 47.4 Å². The van der Waals surface area contributed by atoms with Crippen LogP contribution in [0.5, 0.6) is 0 Å². The lowest BCUT2D eigenvalue weighted by Gasteiger charge is -2.34. The van der Waals surface area contributed by atoms with E-state index in [1.807, 2.05) is 30.3 Å². The Hall–Kier alpha value is -0.720. The molecule has 1 aromatic rings. The van der Waals surface area contributed by atoms with Crippen molar-refractivity contribution < 1.29 is 9.90 Å². The summed E-state index contributed by atoms with van der Waals surface area (Å²) in [6.07, 6.45) is 0.999. The summed E-state index contributed by atoms with van der Waals surface area (Å²) >= 11 is 8.27. The lowest BCUT2D eigenvalue weighted by molar-refractivity contribution is -0.138. The maximum atomic E-state index is 11.0. The van der Waals surface area contributed by atoms with E-state index in [9.17, 15) is 4.79 Å². The Labute approximate surface area is 134 Å². The Kier molecular flexibility index (Phi) is 5.96. The molecule has 0 aliphatic carbocycles. The highest BCUT2D eigenvalue weighted by atomic mass is 35.5. The smallest absolute Gasteiger partial charge is 0.304 e. The highest BCUT2D eigenvalue weighted by molar-refractivity contribution is 7.99. The number of hydrogen-bond donors (Lipinski definition) is 1. The average molecular weight is 332 g/mol. The lowest BCUT2D eigenvalue weighted by atomic mass is 10.2. The van der Waals surface area contributed by atoms with Gasteiger partial charge >= 0.3 is 5.97 Å². The number of nitrogens with zero attached hydrogens (tertiary/aromatic N) is 3. The number of carbonyl (C=O) groups is 1. The van der Waals surface area contributed by atoms with E-state index in [2.05, 4.69) is 10.00 Å². The molecular weight excluding hydrogens is 310 g/mol. The first-order valence-corrected chi connectivity index (χ1v) is 8.87. The van der Waals surface area contributed by atoms with E-state index in [1.54, 1.807) is 0 Å². The molecule has 118 valence electrons. The fourth-order valence-electron chi connectivity index (χ4n) is 2.65. The first-order valence-electron chi connectivity index (χ1n) is 7.34. The summed E-state index contributed by atoms with van der Waals surface area (Å²) in [6, 6.07) is 0.0719. The first-order chi connectivity index (χ1) is 10.1. The number of carboxylic acids is 1. The summed E-state index contributed by atoms with van der Waals surface area (Å²) in [6.45, 7) is 6.45. The van der Waals surface area contributed by atoms with Crippen molar-refractivity contribution in [2.24, 2.45) is 0 Å². The summed E-state index contributed by atoms with van der Waals surface area (Å²) in [5.41, 5.74) is 1.94. The van der Waals surface area contributed by atoms with Gasteiger partial charge in [0.2, 0.25) is 0 Å². The second-order valence-corrected chi connectivity index (χ2v) is 6.70. The SMILES string of the molecule is CCc1nn(CC)c(CN2CCSCC2CC(=O)O)c1Cl. The van der Waals surface area contributed by atoms with E-state index in [-0.39, 0.29) is 12.5 Å². The summed E-state index contributed by atoms with van der Waals surface area (Å²) in [5, 5.41) is 14.3. The van der Waals surface area contributed by atoms with Crippen LogP contribution in [0.15, 0.2) is 0 Å². The molecule has 1 fully saturated rings. The van der Waals surface area contributed by atoms with Gasteiger partial charge in [0.15, 0.2) is 0 Å². The molecule has 1 aromatic heterocycles. The van der Waals surface area contributed by atoms with Crippen molar-refractivity contribution in [1.82, 2.24) is 14.7 Å². The van der Waals surface area contributed by atoms with Gasteiger partial charge in [0.05, 0.1) is 22.8 Å². The topological polar surface area (TPSA) is 58.4 Å². The molecule has 1 N–H and O–H groups in total. The predicted molar refractivity (Wildman–Crippen MR) is 86.1 cm³/mol. The van der Waals surface area contributed by atoms with Gasteiger partial charge in [-0.3, -0.25) is 14.4 Å². The Morgan fingerprint density at radius 2 is 2.29 bits per heavy atom. The predicted octanol–water partition coefficient (Wildman–Crippen LogP) is 2.51. The van der Waals surface area contributed by atoms with Crippen LogP contribution in [0.1, 0.15) is 31.7 Å². The molecule has 0 amide bonds. The molecule has 0 bridgehead atoms. The summed E-state index contributed by atoms with van der Waals surface area (Å²) in [4.78, 5) is 13.3. The third-order valence-electron chi connectivity index (χ3n) is 3.81. The molecule has 1 aliphatic heterocycles. The Bertz CT molecular complexity index is 507. The van der Waals surface area contributed by atoms with Gasteiger partial charge in [0, 0.05) is 37.2 Å². The molecule has 0 spiro atoms. The molecule has 0 radical (unpaired) electrons. The van der Waals surface area contributed by atoms with Gasteiger partial charge in [0.1, 0.15) is 0 Å². The molecule has 2 rings (SSSR count). The van der Waals surface area contributed by atoms with E-state index in [0.29, 0.717) is 6.54 Å². The molecule has 1 atom stereocenters. The minimum absolute atomic E-state index is 0.0719. The zero-order valence-electron chi connectivity index (χ0n) is 12.5. The molecule has 5 nitrogen and oxygen atoms in total. The minimum atomic E-state index is -0.739. The van der Waals surface area contributed by atoms with Gasteiger partial charge in [-0.25, -0.2) is 0 Å². The molecule has 7 heteroatoms. The van der Waals surface area contributed by atoms with Gasteiger partial charge in [-0.2, -0.15) is 16.9 Å². The number of aromatic nitrogens is 2. The maximum Gasteiger partial charge on any atom is 0.304 e. The maximum absolute atomic E-state index is 11.0. The van der Waals surface area contributed by atoms with Crippen LogP contribution in [0.4, 0.5) is 0 Å². The van der Waals surface area contributed by atoms with Gasteiger partial charge in [0.25, 0.3) is 0 Å². The van der Waals surface area contributed by atoms with Crippen LogP contribution in [0.25, 0.3) is 0 Å². The van der Waals surface area contributed by atoms with Crippen molar-refractivity contribution in [3.05, 3.63) is 16.4 Å². The van der Waals surface area contributed by atoms with E-state index >= 15 is 0 Å². The second-order valence-electron chi connectivity index (χ2n) is 5.17.